The molecule has 1 atom stereocenters. The summed E-state index contributed by atoms with van der Waals surface area (Å²) in [6.07, 6.45) is 1.29. The van der Waals surface area contributed by atoms with Crippen molar-refractivity contribution in [2.75, 3.05) is 24.2 Å². The molecule has 0 aliphatic carbocycles. The number of carbonyl (C=O) groups is 2. The molecule has 2 amide bonds. The fourth-order valence-electron chi connectivity index (χ4n) is 4.05. The van der Waals surface area contributed by atoms with Crippen LogP contribution in [0.1, 0.15) is 22.3 Å². The number of benzene rings is 3. The van der Waals surface area contributed by atoms with Crippen LogP contribution in [0.5, 0.6) is 0 Å². The van der Waals surface area contributed by atoms with Crippen molar-refractivity contribution >= 4 is 50.7 Å². The van der Waals surface area contributed by atoms with Crippen molar-refractivity contribution in [3.05, 3.63) is 99.0 Å². The number of likely N-dealkylation sites (N-methyl/N-ethyl adjacent to an activating group) is 1. The van der Waals surface area contributed by atoms with E-state index in [0.29, 0.717) is 21.3 Å². The summed E-state index contributed by atoms with van der Waals surface area (Å²) in [5.74, 6) is -0.913. The molecular formula is C28H31Cl2N3O4S. The zero-order valence-corrected chi connectivity index (χ0v) is 24.1. The molecule has 202 valence electrons. The standard InChI is InChI=1S/C28H31Cl2N3O4S/c1-19-10-12-23(14-20(19)2)33(38(4,36)37)18-27(34)32(17-22-11-13-24(29)25(30)15-22)26(28(35)31-3)16-21-8-6-5-7-9-21/h5-15,26H,16-18H2,1-4H3,(H,31,35)/t26-/m0/s1. The van der Waals surface area contributed by atoms with Crippen molar-refractivity contribution in [3.63, 3.8) is 0 Å². The molecule has 0 saturated carbocycles. The van der Waals surface area contributed by atoms with Gasteiger partial charge in [0.1, 0.15) is 12.6 Å². The van der Waals surface area contributed by atoms with Crippen LogP contribution in [0, 0.1) is 13.8 Å². The summed E-state index contributed by atoms with van der Waals surface area (Å²) in [6.45, 7) is 3.33. The number of carbonyl (C=O) groups excluding carboxylic acids is 2. The lowest BCUT2D eigenvalue weighted by molar-refractivity contribution is -0.139. The molecule has 38 heavy (non-hydrogen) atoms. The van der Waals surface area contributed by atoms with Gasteiger partial charge in [-0.25, -0.2) is 8.42 Å². The predicted octanol–water partition coefficient (Wildman–Crippen LogP) is 4.76. The number of nitrogens with one attached hydrogen (secondary N) is 1. The first kappa shape index (κ1) is 29.5. The van der Waals surface area contributed by atoms with Crippen LogP contribution in [0.4, 0.5) is 5.69 Å². The molecule has 0 spiro atoms. The molecule has 0 unspecified atom stereocenters. The Kier molecular flexibility index (Phi) is 9.82. The number of sulfonamides is 1. The van der Waals surface area contributed by atoms with Gasteiger partial charge in [-0.05, 0) is 60.4 Å². The maximum atomic E-state index is 13.9. The number of rotatable bonds is 10. The Balaban J connectivity index is 2.05. The largest absolute Gasteiger partial charge is 0.357 e. The van der Waals surface area contributed by atoms with Crippen LogP contribution in [-0.2, 0) is 32.6 Å². The fourth-order valence-corrected chi connectivity index (χ4v) is 5.21. The first-order valence-corrected chi connectivity index (χ1v) is 14.5. The maximum absolute atomic E-state index is 13.9. The number of aryl methyl sites for hydroxylation is 2. The highest BCUT2D eigenvalue weighted by Gasteiger charge is 2.32. The van der Waals surface area contributed by atoms with E-state index in [2.05, 4.69) is 5.32 Å². The molecule has 0 heterocycles. The Morgan fingerprint density at radius 2 is 1.58 bits per heavy atom. The second-order valence-corrected chi connectivity index (χ2v) is 11.8. The zero-order chi connectivity index (χ0) is 28.0. The summed E-state index contributed by atoms with van der Waals surface area (Å²) in [5, 5.41) is 3.31. The normalized spacial score (nSPS) is 12.1. The number of hydrogen-bond donors (Lipinski definition) is 1. The smallest absolute Gasteiger partial charge is 0.244 e. The van der Waals surface area contributed by atoms with Gasteiger partial charge in [-0.15, -0.1) is 0 Å². The van der Waals surface area contributed by atoms with Crippen molar-refractivity contribution in [2.24, 2.45) is 0 Å². The lowest BCUT2D eigenvalue weighted by atomic mass is 10.0. The second kappa shape index (κ2) is 12.7. The number of halogens is 2. The van der Waals surface area contributed by atoms with E-state index in [9.17, 15) is 18.0 Å². The van der Waals surface area contributed by atoms with E-state index in [1.807, 2.05) is 50.2 Å². The highest BCUT2D eigenvalue weighted by Crippen LogP contribution is 2.26. The van der Waals surface area contributed by atoms with Gasteiger partial charge in [0.2, 0.25) is 21.8 Å². The molecule has 10 heteroatoms. The number of anilines is 1. The minimum atomic E-state index is -3.83. The molecule has 3 aromatic carbocycles. The molecule has 0 saturated heterocycles. The lowest BCUT2D eigenvalue weighted by Gasteiger charge is -2.33. The molecule has 0 fully saturated rings. The van der Waals surface area contributed by atoms with Gasteiger partial charge in [0.15, 0.2) is 0 Å². The lowest BCUT2D eigenvalue weighted by Crippen LogP contribution is -2.52. The van der Waals surface area contributed by atoms with Crippen LogP contribution in [-0.4, -0.2) is 51.0 Å². The summed E-state index contributed by atoms with van der Waals surface area (Å²) < 4.78 is 26.7. The fraction of sp³-hybridized carbons (Fsp3) is 0.286. The van der Waals surface area contributed by atoms with E-state index in [4.69, 9.17) is 23.2 Å². The quantitative estimate of drug-likeness (QED) is 0.377. The van der Waals surface area contributed by atoms with Crippen molar-refractivity contribution < 1.29 is 18.0 Å². The van der Waals surface area contributed by atoms with Crippen LogP contribution in [0.15, 0.2) is 66.7 Å². The summed E-state index contributed by atoms with van der Waals surface area (Å²) in [5.41, 5.74) is 3.76. The van der Waals surface area contributed by atoms with E-state index < -0.39 is 28.5 Å². The second-order valence-electron chi connectivity index (χ2n) is 9.13. The Hall–Kier alpha value is -3.07. The minimum Gasteiger partial charge on any atom is -0.357 e. The van der Waals surface area contributed by atoms with Crippen LogP contribution >= 0.6 is 23.2 Å². The van der Waals surface area contributed by atoms with E-state index >= 15 is 0 Å². The maximum Gasteiger partial charge on any atom is 0.244 e. The number of nitrogens with zero attached hydrogens (tertiary/aromatic N) is 2. The molecule has 0 bridgehead atoms. The molecular weight excluding hydrogens is 545 g/mol. The van der Waals surface area contributed by atoms with E-state index in [1.54, 1.807) is 30.3 Å². The van der Waals surface area contributed by atoms with Gasteiger partial charge in [0, 0.05) is 20.0 Å². The van der Waals surface area contributed by atoms with Gasteiger partial charge < -0.3 is 10.2 Å². The Morgan fingerprint density at radius 3 is 2.16 bits per heavy atom. The molecule has 0 aromatic heterocycles. The molecule has 0 aliphatic rings. The SMILES string of the molecule is CNC(=O)[C@H](Cc1ccccc1)N(Cc1ccc(Cl)c(Cl)c1)C(=O)CN(c1ccc(C)c(C)c1)S(C)(=O)=O. The topological polar surface area (TPSA) is 86.8 Å². The molecule has 1 N–H and O–H groups in total. The molecule has 0 aliphatic heterocycles. The van der Waals surface area contributed by atoms with Crippen molar-refractivity contribution in [2.45, 2.75) is 32.9 Å². The minimum absolute atomic E-state index is 0.0190. The van der Waals surface area contributed by atoms with E-state index in [-0.39, 0.29) is 18.9 Å². The van der Waals surface area contributed by atoms with Crippen LogP contribution in [0.2, 0.25) is 10.0 Å². The van der Waals surface area contributed by atoms with Crippen molar-refractivity contribution in [1.82, 2.24) is 10.2 Å². The third-order valence-corrected chi connectivity index (χ3v) is 8.19. The Labute approximate surface area is 234 Å². The molecule has 7 nitrogen and oxygen atoms in total. The monoisotopic (exact) mass is 575 g/mol. The average molecular weight is 577 g/mol. The number of amides is 2. The van der Waals surface area contributed by atoms with E-state index in [1.165, 1.54) is 11.9 Å². The van der Waals surface area contributed by atoms with Crippen molar-refractivity contribution in [3.8, 4) is 0 Å². The summed E-state index contributed by atoms with van der Waals surface area (Å²) in [6, 6.07) is 18.6. The Morgan fingerprint density at radius 1 is 0.895 bits per heavy atom. The van der Waals surface area contributed by atoms with Gasteiger partial charge in [0.05, 0.1) is 22.0 Å². The van der Waals surface area contributed by atoms with Crippen LogP contribution in [0.3, 0.4) is 0 Å². The van der Waals surface area contributed by atoms with Crippen LogP contribution < -0.4 is 9.62 Å². The summed E-state index contributed by atoms with van der Waals surface area (Å²) in [7, 11) is -2.32. The van der Waals surface area contributed by atoms with Crippen LogP contribution in [0.25, 0.3) is 0 Å². The zero-order valence-electron chi connectivity index (χ0n) is 21.7. The van der Waals surface area contributed by atoms with Gasteiger partial charge in [-0.2, -0.15) is 0 Å². The average Bonchev–Trinajstić information content (AvgIpc) is 2.87. The first-order chi connectivity index (χ1) is 17.9. The molecule has 0 radical (unpaired) electrons. The highest BCUT2D eigenvalue weighted by molar-refractivity contribution is 7.92. The first-order valence-electron chi connectivity index (χ1n) is 11.9. The molecule has 3 rings (SSSR count). The van der Waals surface area contributed by atoms with Gasteiger partial charge in [0.25, 0.3) is 0 Å². The van der Waals surface area contributed by atoms with Gasteiger partial charge in [-0.1, -0.05) is 65.7 Å². The number of hydrogen-bond acceptors (Lipinski definition) is 4. The third-order valence-electron chi connectivity index (χ3n) is 6.31. The highest BCUT2D eigenvalue weighted by atomic mass is 35.5. The summed E-state index contributed by atoms with van der Waals surface area (Å²) in [4.78, 5) is 28.4. The predicted molar refractivity (Wildman–Crippen MR) is 153 cm³/mol. The van der Waals surface area contributed by atoms with Gasteiger partial charge >= 0.3 is 0 Å². The van der Waals surface area contributed by atoms with Gasteiger partial charge in [-0.3, -0.25) is 13.9 Å². The summed E-state index contributed by atoms with van der Waals surface area (Å²) >= 11 is 12.3. The molecule has 3 aromatic rings. The Bertz CT molecular complexity index is 1410. The third kappa shape index (κ3) is 7.49. The van der Waals surface area contributed by atoms with Crippen molar-refractivity contribution in [1.29, 1.82) is 0 Å². The van der Waals surface area contributed by atoms with E-state index in [0.717, 1.165) is 27.3 Å².